The third kappa shape index (κ3) is 3.70. The second-order valence-electron chi connectivity index (χ2n) is 11.0. The van der Waals surface area contributed by atoms with Crippen LogP contribution in [-0.2, 0) is 0 Å². The molecule has 2 atom stereocenters. The second-order valence-corrected chi connectivity index (χ2v) is 11.0. The number of aromatic nitrogens is 1. The Bertz CT molecular complexity index is 1350. The Morgan fingerprint density at radius 2 is 1.31 bits per heavy atom. The number of carbonyl (C=O) groups excluding carboxylic acids is 1. The van der Waals surface area contributed by atoms with E-state index >= 15 is 0 Å². The third-order valence-electron chi connectivity index (χ3n) is 9.02. The van der Waals surface area contributed by atoms with Gasteiger partial charge in [0.2, 0.25) is 0 Å². The number of nitrogens with one attached hydrogen (secondary N) is 1. The number of pyridine rings is 1. The molecule has 36 heavy (non-hydrogen) atoms. The van der Waals surface area contributed by atoms with E-state index in [0.717, 1.165) is 46.1 Å². The summed E-state index contributed by atoms with van der Waals surface area (Å²) in [4.78, 5) is 21.1. The number of hydrogen-bond acceptors (Lipinski definition) is 3. The largest absolute Gasteiger partial charge is 0.349 e. The molecule has 0 unspecified atom stereocenters. The molecule has 4 aromatic rings. The van der Waals surface area contributed by atoms with Crippen molar-refractivity contribution in [2.24, 2.45) is 5.92 Å². The van der Waals surface area contributed by atoms with Crippen molar-refractivity contribution in [2.45, 2.75) is 63.1 Å². The number of rotatable bonds is 5. The van der Waals surface area contributed by atoms with Gasteiger partial charge in [0, 0.05) is 28.9 Å². The van der Waals surface area contributed by atoms with E-state index in [1.54, 1.807) is 11.1 Å². The van der Waals surface area contributed by atoms with Crippen molar-refractivity contribution in [1.82, 2.24) is 15.2 Å². The Morgan fingerprint density at radius 3 is 1.92 bits per heavy atom. The van der Waals surface area contributed by atoms with Crippen molar-refractivity contribution < 1.29 is 4.79 Å². The lowest BCUT2D eigenvalue weighted by Gasteiger charge is -2.31. The number of nitrogens with zero attached hydrogens (tertiary/aromatic N) is 2. The molecule has 1 N–H and O–H groups in total. The highest BCUT2D eigenvalue weighted by molar-refractivity contribution is 6.16. The molecule has 7 rings (SSSR count). The molecule has 2 bridgehead atoms. The molecule has 1 aromatic heterocycles. The quantitative estimate of drug-likeness (QED) is 0.317. The summed E-state index contributed by atoms with van der Waals surface area (Å²) >= 11 is 0. The smallest absolute Gasteiger partial charge is 0.252 e. The Morgan fingerprint density at radius 1 is 0.750 bits per heavy atom. The molecule has 4 nitrogen and oxygen atoms in total. The van der Waals surface area contributed by atoms with Crippen LogP contribution in [0.3, 0.4) is 0 Å². The van der Waals surface area contributed by atoms with E-state index in [0.29, 0.717) is 12.1 Å². The molecule has 2 aliphatic heterocycles. The fourth-order valence-electron chi connectivity index (χ4n) is 7.23. The summed E-state index contributed by atoms with van der Waals surface area (Å²) < 4.78 is 0. The van der Waals surface area contributed by atoms with E-state index in [1.807, 2.05) is 48.5 Å². The molecular formula is C32H33N3O. The molecule has 0 radical (unpaired) electrons. The minimum absolute atomic E-state index is 0.0413. The van der Waals surface area contributed by atoms with Crippen LogP contribution < -0.4 is 5.32 Å². The Labute approximate surface area is 212 Å². The van der Waals surface area contributed by atoms with E-state index in [4.69, 9.17) is 4.98 Å². The Balaban J connectivity index is 0.995. The van der Waals surface area contributed by atoms with Gasteiger partial charge in [-0.15, -0.1) is 0 Å². The lowest BCUT2D eigenvalue weighted by molar-refractivity contribution is 0.0922. The summed E-state index contributed by atoms with van der Waals surface area (Å²) in [5.74, 6) is 0.809. The first-order chi connectivity index (χ1) is 17.8. The highest BCUT2D eigenvalue weighted by Crippen LogP contribution is 2.53. The summed E-state index contributed by atoms with van der Waals surface area (Å²) in [6, 6.07) is 26.6. The maximum atomic E-state index is 13.6. The number of benzene rings is 3. The second kappa shape index (κ2) is 9.01. The monoisotopic (exact) mass is 475 g/mol. The molecule has 1 saturated carbocycles. The molecule has 182 valence electrons. The van der Waals surface area contributed by atoms with E-state index in [1.165, 1.54) is 38.6 Å². The van der Waals surface area contributed by atoms with Gasteiger partial charge in [0.25, 0.3) is 5.91 Å². The molecule has 2 fully saturated rings. The van der Waals surface area contributed by atoms with E-state index in [-0.39, 0.29) is 11.9 Å². The number of amides is 1. The van der Waals surface area contributed by atoms with Gasteiger partial charge in [0.1, 0.15) is 0 Å². The van der Waals surface area contributed by atoms with Crippen LogP contribution in [-0.4, -0.2) is 28.4 Å². The normalized spacial score (nSPS) is 25.3. The lowest BCUT2D eigenvalue weighted by Crippen LogP contribution is -2.38. The van der Waals surface area contributed by atoms with Crippen LogP contribution >= 0.6 is 0 Å². The molecule has 3 heterocycles. The van der Waals surface area contributed by atoms with Crippen molar-refractivity contribution in [3.63, 3.8) is 0 Å². The van der Waals surface area contributed by atoms with Crippen molar-refractivity contribution >= 4 is 27.7 Å². The van der Waals surface area contributed by atoms with Gasteiger partial charge in [0.15, 0.2) is 0 Å². The van der Waals surface area contributed by atoms with Gasteiger partial charge in [0.05, 0.1) is 16.6 Å². The van der Waals surface area contributed by atoms with Crippen LogP contribution in [0.15, 0.2) is 72.8 Å². The summed E-state index contributed by atoms with van der Waals surface area (Å²) in [5, 5.41) is 5.26. The maximum Gasteiger partial charge on any atom is 0.252 e. The lowest BCUT2D eigenvalue weighted by atomic mass is 9.83. The average Bonchev–Trinajstić information content (AvgIpc) is 3.47. The van der Waals surface area contributed by atoms with Crippen LogP contribution in [0.2, 0.25) is 0 Å². The van der Waals surface area contributed by atoms with Crippen LogP contribution in [0.25, 0.3) is 21.8 Å². The van der Waals surface area contributed by atoms with Crippen LogP contribution in [0.1, 0.15) is 78.5 Å². The van der Waals surface area contributed by atoms with Gasteiger partial charge in [-0.25, -0.2) is 4.98 Å². The van der Waals surface area contributed by atoms with Gasteiger partial charge in [-0.05, 0) is 80.7 Å². The summed E-state index contributed by atoms with van der Waals surface area (Å²) in [5.41, 5.74) is 5.68. The SMILES string of the molecule is O=C(NC1CCC(CCN2[C@@H]3CC[C@H]2c2ccccc23)CC1)c1c2ccccc2nc2ccccc12. The molecule has 3 aromatic carbocycles. The van der Waals surface area contributed by atoms with E-state index in [9.17, 15) is 4.79 Å². The minimum Gasteiger partial charge on any atom is -0.349 e. The van der Waals surface area contributed by atoms with Gasteiger partial charge >= 0.3 is 0 Å². The summed E-state index contributed by atoms with van der Waals surface area (Å²) in [6.07, 6.45) is 8.48. The zero-order valence-corrected chi connectivity index (χ0v) is 20.7. The standard InChI is InChI=1S/C32H33N3O/c36-32(31-25-9-3-5-11-27(25)34-28-12-6-4-10-26(28)31)33-22-15-13-21(14-16-22)19-20-35-29-17-18-30(35)24-8-2-1-7-23(24)29/h1-12,21-22,29-30H,13-20H2,(H,33,36)/t21?,22?,29-,30+. The minimum atomic E-state index is 0.0413. The van der Waals surface area contributed by atoms with Crippen molar-refractivity contribution in [2.75, 3.05) is 6.54 Å². The number of hydrogen-bond donors (Lipinski definition) is 1. The van der Waals surface area contributed by atoms with Gasteiger partial charge < -0.3 is 5.32 Å². The van der Waals surface area contributed by atoms with Gasteiger partial charge in [-0.1, -0.05) is 60.7 Å². The fraction of sp³-hybridized carbons (Fsp3) is 0.375. The zero-order valence-electron chi connectivity index (χ0n) is 20.7. The van der Waals surface area contributed by atoms with E-state index in [2.05, 4.69) is 34.5 Å². The first-order valence-electron chi connectivity index (χ1n) is 13.7. The molecule has 1 amide bonds. The first-order valence-corrected chi connectivity index (χ1v) is 13.7. The first kappa shape index (κ1) is 22.0. The van der Waals surface area contributed by atoms with Crippen LogP contribution in [0, 0.1) is 5.92 Å². The van der Waals surface area contributed by atoms with Crippen LogP contribution in [0.4, 0.5) is 0 Å². The topological polar surface area (TPSA) is 45.2 Å². The molecule has 1 aliphatic carbocycles. The average molecular weight is 476 g/mol. The Kier molecular flexibility index (Phi) is 5.50. The van der Waals surface area contributed by atoms with Crippen molar-refractivity contribution in [1.29, 1.82) is 0 Å². The number of carbonyl (C=O) groups is 1. The summed E-state index contributed by atoms with van der Waals surface area (Å²) in [7, 11) is 0. The molecule has 3 aliphatic rings. The molecule has 1 saturated heterocycles. The highest BCUT2D eigenvalue weighted by Gasteiger charge is 2.43. The van der Waals surface area contributed by atoms with E-state index < -0.39 is 0 Å². The highest BCUT2D eigenvalue weighted by atomic mass is 16.1. The fourth-order valence-corrected chi connectivity index (χ4v) is 7.23. The van der Waals surface area contributed by atoms with Gasteiger partial charge in [-0.2, -0.15) is 0 Å². The summed E-state index contributed by atoms with van der Waals surface area (Å²) in [6.45, 7) is 1.21. The number of para-hydroxylation sites is 2. The number of fused-ring (bicyclic) bond motifs is 7. The molecular weight excluding hydrogens is 442 g/mol. The third-order valence-corrected chi connectivity index (χ3v) is 9.02. The van der Waals surface area contributed by atoms with Gasteiger partial charge in [-0.3, -0.25) is 9.69 Å². The van der Waals surface area contributed by atoms with Crippen LogP contribution in [0.5, 0.6) is 0 Å². The van der Waals surface area contributed by atoms with Crippen molar-refractivity contribution in [3.8, 4) is 0 Å². The Hall–Kier alpha value is -3.24. The predicted octanol–water partition coefficient (Wildman–Crippen LogP) is 6.96. The molecule has 0 spiro atoms. The molecule has 4 heteroatoms. The predicted molar refractivity (Wildman–Crippen MR) is 145 cm³/mol. The maximum absolute atomic E-state index is 13.6. The zero-order chi connectivity index (χ0) is 24.1. The van der Waals surface area contributed by atoms with Crippen molar-refractivity contribution in [3.05, 3.63) is 89.5 Å².